The fraction of sp³-hybridized carbons (Fsp3) is 0.417. The van der Waals surface area contributed by atoms with Gasteiger partial charge in [0.25, 0.3) is 0 Å². The summed E-state index contributed by atoms with van der Waals surface area (Å²) in [6.45, 7) is 1.13. The van der Waals surface area contributed by atoms with E-state index in [0.29, 0.717) is 6.04 Å². The predicted octanol–water partition coefficient (Wildman–Crippen LogP) is 3.87. The molecule has 0 bridgehead atoms. The van der Waals surface area contributed by atoms with Gasteiger partial charge in [-0.2, -0.15) is 0 Å². The zero-order valence-corrected chi connectivity index (χ0v) is 11.3. The Kier molecular flexibility index (Phi) is 2.96. The van der Waals surface area contributed by atoms with E-state index in [9.17, 15) is 0 Å². The van der Waals surface area contributed by atoms with Crippen LogP contribution in [0.15, 0.2) is 22.7 Å². The highest BCUT2D eigenvalue weighted by atomic mass is 79.9. The minimum Gasteiger partial charge on any atom is -0.308 e. The topological polar surface area (TPSA) is 24.9 Å². The molecule has 1 N–H and O–H groups in total. The van der Waals surface area contributed by atoms with Crippen LogP contribution in [-0.4, -0.2) is 11.5 Å². The molecule has 3 rings (SSSR count). The third-order valence-electron chi connectivity index (χ3n) is 2.97. The van der Waals surface area contributed by atoms with Gasteiger partial charge in [-0.25, -0.2) is 4.98 Å². The van der Waals surface area contributed by atoms with Crippen molar-refractivity contribution in [1.29, 1.82) is 0 Å². The normalized spacial score (nSPS) is 21.4. The van der Waals surface area contributed by atoms with Crippen molar-refractivity contribution in [1.82, 2.24) is 10.3 Å². The number of hydrogen-bond donors (Lipinski definition) is 1. The van der Waals surface area contributed by atoms with Crippen molar-refractivity contribution in [2.24, 2.45) is 0 Å². The maximum absolute atomic E-state index is 4.72. The van der Waals surface area contributed by atoms with Gasteiger partial charge in [0, 0.05) is 4.47 Å². The van der Waals surface area contributed by atoms with Gasteiger partial charge in [0.05, 0.1) is 16.3 Å². The SMILES string of the molecule is Brc1ccc2sc(C3CCCCN3)nc2c1. The molecule has 1 aliphatic heterocycles. The second kappa shape index (κ2) is 4.43. The van der Waals surface area contributed by atoms with Crippen molar-refractivity contribution in [2.45, 2.75) is 25.3 Å². The first-order chi connectivity index (χ1) is 7.83. The van der Waals surface area contributed by atoms with Crippen molar-refractivity contribution in [3.8, 4) is 0 Å². The fourth-order valence-corrected chi connectivity index (χ4v) is 3.54. The van der Waals surface area contributed by atoms with Crippen LogP contribution < -0.4 is 5.32 Å². The zero-order chi connectivity index (χ0) is 11.0. The average Bonchev–Trinajstić information content (AvgIpc) is 2.73. The van der Waals surface area contributed by atoms with E-state index >= 15 is 0 Å². The molecular formula is C12H13BrN2S. The smallest absolute Gasteiger partial charge is 0.111 e. The molecule has 0 radical (unpaired) electrons. The Balaban J connectivity index is 1.97. The van der Waals surface area contributed by atoms with Gasteiger partial charge in [0.2, 0.25) is 0 Å². The summed E-state index contributed by atoms with van der Waals surface area (Å²) in [6, 6.07) is 6.80. The minimum absolute atomic E-state index is 0.477. The summed E-state index contributed by atoms with van der Waals surface area (Å²) in [7, 11) is 0. The highest BCUT2D eigenvalue weighted by Crippen LogP contribution is 2.31. The van der Waals surface area contributed by atoms with Gasteiger partial charge in [-0.15, -0.1) is 11.3 Å². The van der Waals surface area contributed by atoms with Crippen LogP contribution in [0.5, 0.6) is 0 Å². The monoisotopic (exact) mass is 296 g/mol. The molecule has 1 fully saturated rings. The lowest BCUT2D eigenvalue weighted by atomic mass is 10.1. The average molecular weight is 297 g/mol. The summed E-state index contributed by atoms with van der Waals surface area (Å²) in [4.78, 5) is 4.72. The molecule has 2 nitrogen and oxygen atoms in total. The van der Waals surface area contributed by atoms with Crippen molar-refractivity contribution < 1.29 is 0 Å². The summed E-state index contributed by atoms with van der Waals surface area (Å²) in [5.74, 6) is 0. The first kappa shape index (κ1) is 10.7. The number of fused-ring (bicyclic) bond motifs is 1. The van der Waals surface area contributed by atoms with E-state index in [1.807, 2.05) is 11.3 Å². The summed E-state index contributed by atoms with van der Waals surface area (Å²) >= 11 is 5.30. The lowest BCUT2D eigenvalue weighted by molar-refractivity contribution is 0.411. The van der Waals surface area contributed by atoms with E-state index in [0.717, 1.165) is 16.5 Å². The molecule has 2 heterocycles. The van der Waals surface area contributed by atoms with Crippen molar-refractivity contribution in [3.05, 3.63) is 27.7 Å². The molecule has 4 heteroatoms. The Morgan fingerprint density at radius 1 is 1.38 bits per heavy atom. The molecule has 1 aromatic carbocycles. The number of thiazole rings is 1. The number of hydrogen-bond acceptors (Lipinski definition) is 3. The maximum atomic E-state index is 4.72. The third kappa shape index (κ3) is 2.01. The highest BCUT2D eigenvalue weighted by molar-refractivity contribution is 9.10. The molecule has 1 aromatic heterocycles. The molecule has 84 valence electrons. The van der Waals surface area contributed by atoms with E-state index in [-0.39, 0.29) is 0 Å². The van der Waals surface area contributed by atoms with E-state index in [1.165, 1.54) is 29.0 Å². The molecule has 0 saturated carbocycles. The number of rotatable bonds is 1. The summed E-state index contributed by atoms with van der Waals surface area (Å²) in [5.41, 5.74) is 1.11. The molecule has 1 saturated heterocycles. The van der Waals surface area contributed by atoms with Crippen LogP contribution in [0.1, 0.15) is 30.3 Å². The molecule has 0 amide bonds. The maximum Gasteiger partial charge on any atom is 0.111 e. The van der Waals surface area contributed by atoms with Crippen LogP contribution in [0.2, 0.25) is 0 Å². The quantitative estimate of drug-likeness (QED) is 0.864. The van der Waals surface area contributed by atoms with Crippen LogP contribution in [0.3, 0.4) is 0 Å². The zero-order valence-electron chi connectivity index (χ0n) is 8.87. The van der Waals surface area contributed by atoms with Crippen LogP contribution >= 0.6 is 27.3 Å². The second-order valence-electron chi connectivity index (χ2n) is 4.17. The highest BCUT2D eigenvalue weighted by Gasteiger charge is 2.18. The Labute approximate surface area is 107 Å². The lowest BCUT2D eigenvalue weighted by Crippen LogP contribution is -2.26. The lowest BCUT2D eigenvalue weighted by Gasteiger charge is -2.20. The number of piperidine rings is 1. The molecule has 1 atom stereocenters. The van der Waals surface area contributed by atoms with E-state index < -0.39 is 0 Å². The van der Waals surface area contributed by atoms with Gasteiger partial charge in [-0.3, -0.25) is 0 Å². The van der Waals surface area contributed by atoms with E-state index in [2.05, 4.69) is 39.4 Å². The van der Waals surface area contributed by atoms with Crippen molar-refractivity contribution in [2.75, 3.05) is 6.54 Å². The van der Waals surface area contributed by atoms with Gasteiger partial charge in [-0.05, 0) is 37.6 Å². The van der Waals surface area contributed by atoms with Gasteiger partial charge in [0.15, 0.2) is 0 Å². The van der Waals surface area contributed by atoms with Crippen LogP contribution in [0.25, 0.3) is 10.2 Å². The first-order valence-electron chi connectivity index (χ1n) is 5.62. The van der Waals surface area contributed by atoms with Crippen molar-refractivity contribution in [3.63, 3.8) is 0 Å². The Morgan fingerprint density at radius 3 is 3.12 bits per heavy atom. The molecule has 0 spiro atoms. The molecule has 1 aliphatic rings. The largest absolute Gasteiger partial charge is 0.308 e. The van der Waals surface area contributed by atoms with Crippen molar-refractivity contribution >= 4 is 37.5 Å². The number of halogens is 1. The summed E-state index contributed by atoms with van der Waals surface area (Å²) < 4.78 is 2.39. The van der Waals surface area contributed by atoms with E-state index in [1.54, 1.807) is 0 Å². The summed E-state index contributed by atoms with van der Waals surface area (Å²) in [6.07, 6.45) is 3.84. The standard InChI is InChI=1S/C12H13BrN2S/c13-8-4-5-11-10(7-8)15-12(16-11)9-3-1-2-6-14-9/h4-5,7,9,14H,1-3,6H2. The van der Waals surface area contributed by atoms with Crippen LogP contribution in [0, 0.1) is 0 Å². The predicted molar refractivity (Wildman–Crippen MR) is 71.9 cm³/mol. The number of nitrogens with zero attached hydrogens (tertiary/aromatic N) is 1. The van der Waals surface area contributed by atoms with Gasteiger partial charge >= 0.3 is 0 Å². The number of benzene rings is 1. The van der Waals surface area contributed by atoms with Crippen LogP contribution in [0.4, 0.5) is 0 Å². The Hall–Kier alpha value is -0.450. The number of aromatic nitrogens is 1. The van der Waals surface area contributed by atoms with Gasteiger partial charge in [0.1, 0.15) is 5.01 Å². The van der Waals surface area contributed by atoms with Crippen LogP contribution in [-0.2, 0) is 0 Å². The second-order valence-corrected chi connectivity index (χ2v) is 6.14. The third-order valence-corrected chi connectivity index (χ3v) is 4.62. The molecule has 1 unspecified atom stereocenters. The van der Waals surface area contributed by atoms with E-state index in [4.69, 9.17) is 4.98 Å². The molecular weight excluding hydrogens is 284 g/mol. The minimum atomic E-state index is 0.477. The molecule has 2 aromatic rings. The fourth-order valence-electron chi connectivity index (χ4n) is 2.13. The first-order valence-corrected chi connectivity index (χ1v) is 7.23. The van der Waals surface area contributed by atoms with Gasteiger partial charge in [-0.1, -0.05) is 22.4 Å². The molecule has 0 aliphatic carbocycles. The molecule has 16 heavy (non-hydrogen) atoms. The van der Waals surface area contributed by atoms with Gasteiger partial charge < -0.3 is 5.32 Å². The summed E-state index contributed by atoms with van der Waals surface area (Å²) in [5, 5.41) is 4.79. The number of nitrogens with one attached hydrogen (secondary N) is 1. The Morgan fingerprint density at radius 2 is 2.31 bits per heavy atom. The Bertz CT molecular complexity index is 503.